The minimum atomic E-state index is -0.131. The first kappa shape index (κ1) is 28.3. The first-order chi connectivity index (χ1) is 23.6. The Hall–Kier alpha value is -5.92. The largest absolute Gasteiger partial charge is 0.311 e. The summed E-state index contributed by atoms with van der Waals surface area (Å²) in [5.41, 5.74) is 13.7. The zero-order chi connectivity index (χ0) is 32.2. The van der Waals surface area contributed by atoms with Crippen molar-refractivity contribution in [2.24, 2.45) is 0 Å². The van der Waals surface area contributed by atoms with Crippen LogP contribution in [0, 0.1) is 0 Å². The molecule has 0 fully saturated rings. The van der Waals surface area contributed by atoms with E-state index < -0.39 is 0 Å². The number of hydrogen-bond acceptors (Lipinski definition) is 1. The molecular formula is C47H35N. The van der Waals surface area contributed by atoms with E-state index in [1.165, 1.54) is 66.1 Å². The lowest BCUT2D eigenvalue weighted by Crippen LogP contribution is -2.24. The third kappa shape index (κ3) is 4.47. The molecule has 8 aromatic carbocycles. The lowest BCUT2D eigenvalue weighted by molar-refractivity contribution is 0.645. The van der Waals surface area contributed by atoms with Gasteiger partial charge in [-0.3, -0.25) is 0 Å². The molecule has 0 radical (unpaired) electrons. The maximum Gasteiger partial charge on any atom is 0.0462 e. The molecule has 228 valence electrons. The van der Waals surface area contributed by atoms with Crippen molar-refractivity contribution in [1.82, 2.24) is 0 Å². The van der Waals surface area contributed by atoms with Gasteiger partial charge < -0.3 is 4.90 Å². The molecule has 48 heavy (non-hydrogen) atoms. The molecule has 8 aromatic rings. The third-order valence-corrected chi connectivity index (χ3v) is 10.2. The van der Waals surface area contributed by atoms with Crippen LogP contribution in [0.5, 0.6) is 0 Å². The number of rotatable bonds is 5. The van der Waals surface area contributed by atoms with E-state index in [-0.39, 0.29) is 5.41 Å². The van der Waals surface area contributed by atoms with Crippen molar-refractivity contribution in [2.45, 2.75) is 19.3 Å². The Labute approximate surface area is 282 Å². The van der Waals surface area contributed by atoms with Gasteiger partial charge in [0.1, 0.15) is 0 Å². The summed E-state index contributed by atoms with van der Waals surface area (Å²) in [6.07, 6.45) is 0. The van der Waals surface area contributed by atoms with Crippen molar-refractivity contribution in [2.75, 3.05) is 4.90 Å². The fourth-order valence-corrected chi connectivity index (χ4v) is 7.89. The number of benzene rings is 8. The lowest BCUT2D eigenvalue weighted by Gasteiger charge is -2.36. The van der Waals surface area contributed by atoms with E-state index in [1.54, 1.807) is 0 Å². The topological polar surface area (TPSA) is 3.24 Å². The molecule has 0 saturated heterocycles. The quantitative estimate of drug-likeness (QED) is 0.187. The van der Waals surface area contributed by atoms with Crippen LogP contribution in [0.4, 0.5) is 17.1 Å². The molecule has 0 atom stereocenters. The number of para-hydroxylation sites is 2. The highest BCUT2D eigenvalue weighted by Gasteiger charge is 2.35. The second-order valence-corrected chi connectivity index (χ2v) is 13.4. The number of hydrogen-bond donors (Lipinski definition) is 0. The van der Waals surface area contributed by atoms with E-state index in [1.807, 2.05) is 0 Å². The van der Waals surface area contributed by atoms with E-state index in [0.29, 0.717) is 0 Å². The van der Waals surface area contributed by atoms with Gasteiger partial charge >= 0.3 is 0 Å². The van der Waals surface area contributed by atoms with Gasteiger partial charge in [-0.05, 0) is 109 Å². The molecule has 1 nitrogen and oxygen atoms in total. The smallest absolute Gasteiger partial charge is 0.0462 e. The standard InChI is InChI=1S/C47H35N/c1-47(2)43-30-26-35(32-23-27-38(28-24-32)48(36-16-5-3-6-17-36)37-18-7-4-8-19-37)31-42(43)46-41(29-25-34-15-12-22-44(47)45(34)46)40-21-11-14-33-13-9-10-20-39(33)40/h3-31H,1-2H3. The highest BCUT2D eigenvalue weighted by molar-refractivity contribution is 6.12. The normalized spacial score (nSPS) is 13.0. The summed E-state index contributed by atoms with van der Waals surface area (Å²) in [7, 11) is 0. The van der Waals surface area contributed by atoms with Crippen LogP contribution >= 0.6 is 0 Å². The average Bonchev–Trinajstić information content (AvgIpc) is 3.14. The Kier molecular flexibility index (Phi) is 6.55. The second-order valence-electron chi connectivity index (χ2n) is 13.4. The molecule has 0 heterocycles. The molecule has 0 saturated carbocycles. The summed E-state index contributed by atoms with van der Waals surface area (Å²) >= 11 is 0. The van der Waals surface area contributed by atoms with Crippen molar-refractivity contribution in [1.29, 1.82) is 0 Å². The van der Waals surface area contributed by atoms with Crippen LogP contribution < -0.4 is 4.90 Å². The maximum absolute atomic E-state index is 2.44. The van der Waals surface area contributed by atoms with Gasteiger partial charge in [-0.1, -0.05) is 147 Å². The summed E-state index contributed by atoms with van der Waals surface area (Å²) in [5.74, 6) is 0. The molecule has 0 bridgehead atoms. The molecule has 0 amide bonds. The van der Waals surface area contributed by atoms with Crippen molar-refractivity contribution in [3.8, 4) is 33.4 Å². The summed E-state index contributed by atoms with van der Waals surface area (Å²) in [4.78, 5) is 2.31. The van der Waals surface area contributed by atoms with Crippen molar-refractivity contribution in [3.05, 3.63) is 187 Å². The molecule has 1 heteroatoms. The summed E-state index contributed by atoms with van der Waals surface area (Å²) in [6.45, 7) is 4.76. The van der Waals surface area contributed by atoms with E-state index in [4.69, 9.17) is 0 Å². The Balaban J connectivity index is 1.22. The molecule has 9 rings (SSSR count). The van der Waals surface area contributed by atoms with E-state index >= 15 is 0 Å². The van der Waals surface area contributed by atoms with Crippen LogP contribution in [0.2, 0.25) is 0 Å². The van der Waals surface area contributed by atoms with Gasteiger partial charge in [-0.25, -0.2) is 0 Å². The molecule has 0 spiro atoms. The number of fused-ring (bicyclic) bond motifs is 3. The van der Waals surface area contributed by atoms with Crippen molar-refractivity contribution in [3.63, 3.8) is 0 Å². The predicted octanol–water partition coefficient (Wildman–Crippen LogP) is 13.1. The summed E-state index contributed by atoms with van der Waals surface area (Å²) in [5, 5.41) is 5.21. The Morgan fingerprint density at radius 2 is 1.00 bits per heavy atom. The zero-order valence-corrected chi connectivity index (χ0v) is 27.2. The first-order valence-corrected chi connectivity index (χ1v) is 16.8. The second kappa shape index (κ2) is 11.1. The Morgan fingerprint density at radius 3 is 1.75 bits per heavy atom. The zero-order valence-electron chi connectivity index (χ0n) is 27.2. The van der Waals surface area contributed by atoms with Crippen molar-refractivity contribution < 1.29 is 0 Å². The van der Waals surface area contributed by atoms with Crippen LogP contribution in [0.3, 0.4) is 0 Å². The van der Waals surface area contributed by atoms with Crippen LogP contribution in [0.25, 0.3) is 54.9 Å². The highest BCUT2D eigenvalue weighted by Crippen LogP contribution is 2.53. The maximum atomic E-state index is 2.44. The summed E-state index contributed by atoms with van der Waals surface area (Å²) in [6, 6.07) is 64.3. The number of nitrogens with zero attached hydrogens (tertiary/aromatic N) is 1. The van der Waals surface area contributed by atoms with Crippen LogP contribution in [0.1, 0.15) is 25.0 Å². The van der Waals surface area contributed by atoms with Gasteiger partial charge in [-0.15, -0.1) is 0 Å². The van der Waals surface area contributed by atoms with Gasteiger partial charge in [0.15, 0.2) is 0 Å². The van der Waals surface area contributed by atoms with Gasteiger partial charge in [0.05, 0.1) is 0 Å². The van der Waals surface area contributed by atoms with Crippen molar-refractivity contribution >= 4 is 38.6 Å². The molecular weight excluding hydrogens is 579 g/mol. The molecule has 0 N–H and O–H groups in total. The molecule has 0 aliphatic heterocycles. The van der Waals surface area contributed by atoms with E-state index in [2.05, 4.69) is 195 Å². The monoisotopic (exact) mass is 613 g/mol. The third-order valence-electron chi connectivity index (χ3n) is 10.2. The molecule has 1 aliphatic rings. The van der Waals surface area contributed by atoms with E-state index in [0.717, 1.165) is 17.1 Å². The number of anilines is 3. The average molecular weight is 614 g/mol. The first-order valence-electron chi connectivity index (χ1n) is 16.8. The predicted molar refractivity (Wildman–Crippen MR) is 205 cm³/mol. The summed E-state index contributed by atoms with van der Waals surface area (Å²) < 4.78 is 0. The van der Waals surface area contributed by atoms with Gasteiger partial charge in [-0.2, -0.15) is 0 Å². The highest BCUT2D eigenvalue weighted by atomic mass is 15.1. The van der Waals surface area contributed by atoms with Gasteiger partial charge in [0.25, 0.3) is 0 Å². The minimum absolute atomic E-state index is 0.131. The van der Waals surface area contributed by atoms with Crippen LogP contribution in [0.15, 0.2) is 176 Å². The lowest BCUT2D eigenvalue weighted by atomic mass is 9.67. The minimum Gasteiger partial charge on any atom is -0.311 e. The van der Waals surface area contributed by atoms with Crippen LogP contribution in [-0.2, 0) is 5.41 Å². The van der Waals surface area contributed by atoms with Gasteiger partial charge in [0, 0.05) is 22.5 Å². The fourth-order valence-electron chi connectivity index (χ4n) is 7.89. The molecule has 0 unspecified atom stereocenters. The van der Waals surface area contributed by atoms with Gasteiger partial charge in [0.2, 0.25) is 0 Å². The van der Waals surface area contributed by atoms with Crippen LogP contribution in [-0.4, -0.2) is 0 Å². The van der Waals surface area contributed by atoms with E-state index in [9.17, 15) is 0 Å². The molecule has 0 aromatic heterocycles. The Morgan fingerprint density at radius 1 is 0.396 bits per heavy atom. The fraction of sp³-hybridized carbons (Fsp3) is 0.0638. The SMILES string of the molecule is CC1(C)c2ccc(-c3ccc(N(c4ccccc4)c4ccccc4)cc3)cc2-c2c(-c3cccc4ccccc34)ccc3cccc1c23. The molecule has 1 aliphatic carbocycles. The Bertz CT molecular complexity index is 2410.